The third-order valence-corrected chi connectivity index (χ3v) is 8.39. The molecule has 4 aromatic rings. The number of aromatic nitrogens is 1. The molecule has 5 rings (SSSR count). The average molecular weight is 508 g/mol. The summed E-state index contributed by atoms with van der Waals surface area (Å²) >= 11 is 2.45. The van der Waals surface area contributed by atoms with Gasteiger partial charge >= 0.3 is 5.97 Å². The predicted octanol–water partition coefficient (Wildman–Crippen LogP) is 4.82. The Kier molecular flexibility index (Phi) is 5.70. The van der Waals surface area contributed by atoms with Gasteiger partial charge in [-0.1, -0.05) is 6.92 Å². The molecule has 0 aliphatic heterocycles. The lowest BCUT2D eigenvalue weighted by atomic mass is 9.88. The standard InChI is InChI=1S/C24H21N5O4S2/c1-10-5-6-11-14(8-10)34-22(16(11)24(31)32-2)29-21(30)19-18(26)17-15(13-4-3-7-33-13)12(9-25)20(27)28-23(17)35-19/h3-4,7,10H,5-6,8,26H2,1-2H3,(H2,27,28)(H,29,30). The number of nitrogens with zero attached hydrogens (tertiary/aromatic N) is 2. The minimum atomic E-state index is -0.482. The molecule has 1 amide bonds. The molecule has 1 atom stereocenters. The number of thiophene rings is 2. The van der Waals surface area contributed by atoms with Crippen LogP contribution in [0.1, 0.15) is 49.4 Å². The van der Waals surface area contributed by atoms with Crippen LogP contribution in [0.3, 0.4) is 0 Å². The van der Waals surface area contributed by atoms with Gasteiger partial charge in [-0.15, -0.1) is 22.7 Å². The number of anilines is 3. The fourth-order valence-electron chi connectivity index (χ4n) is 4.44. The number of nitrogens with two attached hydrogens (primary N) is 2. The van der Waals surface area contributed by atoms with E-state index in [4.69, 9.17) is 20.6 Å². The summed E-state index contributed by atoms with van der Waals surface area (Å²) in [6, 6.07) is 5.43. The second kappa shape index (κ2) is 8.72. The van der Waals surface area contributed by atoms with Gasteiger partial charge in [0.2, 0.25) is 0 Å². The summed E-state index contributed by atoms with van der Waals surface area (Å²) in [5.41, 5.74) is 14.5. The highest BCUT2D eigenvalue weighted by Gasteiger charge is 2.31. The molecule has 0 spiro atoms. The number of carbonyl (C=O) groups excluding carboxylic acids is 2. The Labute approximate surface area is 208 Å². The summed E-state index contributed by atoms with van der Waals surface area (Å²) in [6.07, 6.45) is 4.04. The van der Waals surface area contributed by atoms with Crippen molar-refractivity contribution in [2.24, 2.45) is 5.92 Å². The smallest absolute Gasteiger partial charge is 0.341 e. The fraction of sp³-hybridized carbons (Fsp3) is 0.250. The fourth-order valence-corrected chi connectivity index (χ4v) is 6.84. The summed E-state index contributed by atoms with van der Waals surface area (Å²) in [7, 11) is 1.33. The molecule has 178 valence electrons. The first-order chi connectivity index (χ1) is 16.8. The van der Waals surface area contributed by atoms with Crippen LogP contribution < -0.4 is 16.8 Å². The molecular weight excluding hydrogens is 486 g/mol. The summed E-state index contributed by atoms with van der Waals surface area (Å²) in [5.74, 6) is -0.0493. The number of nitriles is 1. The molecule has 1 aliphatic carbocycles. The first-order valence-electron chi connectivity index (χ1n) is 10.8. The SMILES string of the molecule is COC(=O)c1c(NC(=O)c2sc3nc(N)c(C#N)c(-c4ccco4)c3c2N)sc2c1CCC(C)C2. The lowest BCUT2D eigenvalue weighted by Crippen LogP contribution is -2.16. The Morgan fingerprint density at radius 1 is 1.34 bits per heavy atom. The maximum Gasteiger partial charge on any atom is 0.341 e. The number of nitrogen functional groups attached to an aromatic ring is 2. The van der Waals surface area contributed by atoms with E-state index < -0.39 is 11.9 Å². The minimum Gasteiger partial charge on any atom is -0.465 e. The first kappa shape index (κ1) is 22.9. The van der Waals surface area contributed by atoms with Crippen molar-refractivity contribution in [3.05, 3.63) is 44.8 Å². The average Bonchev–Trinajstić information content (AvgIpc) is 3.55. The molecule has 0 fully saturated rings. The third-order valence-electron chi connectivity index (χ3n) is 6.12. The Morgan fingerprint density at radius 2 is 2.14 bits per heavy atom. The van der Waals surface area contributed by atoms with Crippen LogP contribution in [0, 0.1) is 17.2 Å². The zero-order chi connectivity index (χ0) is 24.9. The molecule has 4 aromatic heterocycles. The molecule has 35 heavy (non-hydrogen) atoms. The summed E-state index contributed by atoms with van der Waals surface area (Å²) in [5, 5.41) is 13.4. The first-order valence-corrected chi connectivity index (χ1v) is 12.5. The van der Waals surface area contributed by atoms with Crippen molar-refractivity contribution in [3.8, 4) is 17.4 Å². The molecule has 0 radical (unpaired) electrons. The van der Waals surface area contributed by atoms with Crippen molar-refractivity contribution in [1.82, 2.24) is 4.98 Å². The Bertz CT molecular complexity index is 1530. The van der Waals surface area contributed by atoms with Crippen LogP contribution >= 0.6 is 22.7 Å². The minimum absolute atomic E-state index is 0.0210. The van der Waals surface area contributed by atoms with Crippen LogP contribution in [0.2, 0.25) is 0 Å². The normalized spacial score (nSPS) is 14.9. The summed E-state index contributed by atoms with van der Waals surface area (Å²) < 4.78 is 10.5. The Hall–Kier alpha value is -3.88. The van der Waals surface area contributed by atoms with Crippen LogP contribution in [-0.4, -0.2) is 24.0 Å². The van der Waals surface area contributed by atoms with Crippen molar-refractivity contribution in [2.45, 2.75) is 26.2 Å². The zero-order valence-corrected chi connectivity index (χ0v) is 20.6. The van der Waals surface area contributed by atoms with Crippen molar-refractivity contribution in [3.63, 3.8) is 0 Å². The number of hydrogen-bond donors (Lipinski definition) is 3. The third kappa shape index (κ3) is 3.71. The number of nitrogens with one attached hydrogen (secondary N) is 1. The van der Waals surface area contributed by atoms with Gasteiger partial charge < -0.3 is 25.9 Å². The van der Waals surface area contributed by atoms with Crippen LogP contribution in [0.15, 0.2) is 22.8 Å². The van der Waals surface area contributed by atoms with E-state index in [1.54, 1.807) is 12.1 Å². The molecule has 1 unspecified atom stereocenters. The second-order valence-corrected chi connectivity index (χ2v) is 10.5. The van der Waals surface area contributed by atoms with Crippen LogP contribution in [0.5, 0.6) is 0 Å². The van der Waals surface area contributed by atoms with E-state index >= 15 is 0 Å². The van der Waals surface area contributed by atoms with Crippen molar-refractivity contribution in [2.75, 3.05) is 23.9 Å². The van der Waals surface area contributed by atoms with Gasteiger partial charge in [-0.25, -0.2) is 9.78 Å². The lowest BCUT2D eigenvalue weighted by Gasteiger charge is -2.18. The van der Waals surface area contributed by atoms with Gasteiger partial charge in [-0.05, 0) is 42.9 Å². The highest BCUT2D eigenvalue weighted by molar-refractivity contribution is 7.21. The molecule has 4 heterocycles. The number of carbonyl (C=O) groups is 2. The summed E-state index contributed by atoms with van der Waals surface area (Å²) in [4.78, 5) is 32.0. The van der Waals surface area contributed by atoms with E-state index in [2.05, 4.69) is 23.3 Å². The zero-order valence-electron chi connectivity index (χ0n) is 18.9. The number of amides is 1. The number of esters is 1. The van der Waals surface area contributed by atoms with Crippen molar-refractivity contribution in [1.29, 1.82) is 5.26 Å². The topological polar surface area (TPSA) is 157 Å². The molecule has 0 aromatic carbocycles. The number of furan rings is 1. The highest BCUT2D eigenvalue weighted by atomic mass is 32.1. The molecule has 0 bridgehead atoms. The van der Waals surface area contributed by atoms with Crippen LogP contribution in [-0.2, 0) is 17.6 Å². The van der Waals surface area contributed by atoms with Gasteiger partial charge in [0, 0.05) is 10.3 Å². The van der Waals surface area contributed by atoms with E-state index in [-0.39, 0.29) is 21.9 Å². The van der Waals surface area contributed by atoms with E-state index in [1.165, 1.54) is 24.7 Å². The molecule has 1 aliphatic rings. The van der Waals surface area contributed by atoms with Crippen molar-refractivity contribution >= 4 is 61.3 Å². The quantitative estimate of drug-likeness (QED) is 0.332. The summed E-state index contributed by atoms with van der Waals surface area (Å²) in [6.45, 7) is 2.17. The van der Waals surface area contributed by atoms with Crippen molar-refractivity contribution < 1.29 is 18.7 Å². The monoisotopic (exact) mass is 507 g/mol. The number of ether oxygens (including phenoxy) is 1. The van der Waals surface area contributed by atoms with E-state index in [0.29, 0.717) is 38.0 Å². The number of rotatable bonds is 4. The van der Waals surface area contributed by atoms with E-state index in [0.717, 1.165) is 41.0 Å². The number of hydrogen-bond acceptors (Lipinski definition) is 10. The van der Waals surface area contributed by atoms with E-state index in [1.807, 2.05) is 0 Å². The molecule has 11 heteroatoms. The second-order valence-electron chi connectivity index (χ2n) is 8.36. The Balaban J connectivity index is 1.61. The van der Waals surface area contributed by atoms with Gasteiger partial charge in [0.25, 0.3) is 5.91 Å². The largest absolute Gasteiger partial charge is 0.465 e. The molecule has 9 nitrogen and oxygen atoms in total. The van der Waals surface area contributed by atoms with Gasteiger partial charge in [0.15, 0.2) is 0 Å². The van der Waals surface area contributed by atoms with Gasteiger partial charge in [-0.2, -0.15) is 5.26 Å². The van der Waals surface area contributed by atoms with Gasteiger partial charge in [0.05, 0.1) is 30.2 Å². The van der Waals surface area contributed by atoms with Gasteiger partial charge in [-0.3, -0.25) is 4.79 Å². The maximum absolute atomic E-state index is 13.4. The molecule has 5 N–H and O–H groups in total. The number of pyridine rings is 1. The van der Waals surface area contributed by atoms with E-state index in [9.17, 15) is 14.9 Å². The van der Waals surface area contributed by atoms with Crippen LogP contribution in [0.4, 0.5) is 16.5 Å². The molecule has 0 saturated carbocycles. The lowest BCUT2D eigenvalue weighted by molar-refractivity contribution is 0.0601. The molecule has 0 saturated heterocycles. The number of fused-ring (bicyclic) bond motifs is 2. The Morgan fingerprint density at radius 3 is 2.83 bits per heavy atom. The maximum atomic E-state index is 13.4. The van der Waals surface area contributed by atoms with Gasteiger partial charge in [0.1, 0.15) is 37.9 Å². The number of methoxy groups -OCH3 is 1. The van der Waals surface area contributed by atoms with Crippen LogP contribution in [0.25, 0.3) is 21.5 Å². The predicted molar refractivity (Wildman–Crippen MR) is 136 cm³/mol. The highest BCUT2D eigenvalue weighted by Crippen LogP contribution is 2.44. The molecular formula is C24H21N5O4S2.